The number of benzene rings is 1. The van der Waals surface area contributed by atoms with Crippen LogP contribution in [0.4, 0.5) is 0 Å². The lowest BCUT2D eigenvalue weighted by molar-refractivity contribution is -0.116. The molecule has 0 atom stereocenters. The van der Waals surface area contributed by atoms with Crippen molar-refractivity contribution < 1.29 is 9.53 Å². The first-order chi connectivity index (χ1) is 7.24. The molecule has 1 aromatic rings. The van der Waals surface area contributed by atoms with Crippen molar-refractivity contribution in [3.8, 4) is 5.75 Å². The molecule has 1 aliphatic carbocycles. The van der Waals surface area contributed by atoms with Crippen LogP contribution in [-0.2, 0) is 11.2 Å². The van der Waals surface area contributed by atoms with Gasteiger partial charge in [0.25, 0.3) is 0 Å². The lowest BCUT2D eigenvalue weighted by Crippen LogP contribution is -1.97. The van der Waals surface area contributed by atoms with Gasteiger partial charge in [0.2, 0.25) is 0 Å². The Hall–Kier alpha value is -1.31. The summed E-state index contributed by atoms with van der Waals surface area (Å²) in [5.41, 5.74) is 1.20. The minimum absolute atomic E-state index is 0.244. The standard InChI is InChI=1S/C13H16O2/c1-10(14)2-3-11-4-6-12(7-5-11)15-13-8-9-13/h4-7,13H,2-3,8-9H2,1H3. The van der Waals surface area contributed by atoms with Crippen molar-refractivity contribution >= 4 is 5.78 Å². The van der Waals surface area contributed by atoms with Crippen LogP contribution in [0.25, 0.3) is 0 Å². The average molecular weight is 204 g/mol. The van der Waals surface area contributed by atoms with Crippen LogP contribution >= 0.6 is 0 Å². The molecule has 1 saturated carbocycles. The van der Waals surface area contributed by atoms with E-state index < -0.39 is 0 Å². The number of aryl methyl sites for hydroxylation is 1. The molecule has 0 aromatic heterocycles. The molecule has 0 heterocycles. The average Bonchev–Trinajstić information content (AvgIpc) is 3.01. The topological polar surface area (TPSA) is 26.3 Å². The first kappa shape index (κ1) is 10.2. The number of carbonyl (C=O) groups excluding carboxylic acids is 1. The second kappa shape index (κ2) is 4.47. The molecule has 15 heavy (non-hydrogen) atoms. The normalized spacial score (nSPS) is 15.0. The van der Waals surface area contributed by atoms with Crippen LogP contribution in [0.2, 0.25) is 0 Å². The molecule has 2 nitrogen and oxygen atoms in total. The molecule has 0 amide bonds. The van der Waals surface area contributed by atoms with E-state index in [1.165, 1.54) is 18.4 Å². The molecule has 0 aliphatic heterocycles. The fraction of sp³-hybridized carbons (Fsp3) is 0.462. The molecule has 0 radical (unpaired) electrons. The Labute approximate surface area is 90.3 Å². The van der Waals surface area contributed by atoms with Gasteiger partial charge in [-0.15, -0.1) is 0 Å². The zero-order valence-electron chi connectivity index (χ0n) is 9.03. The van der Waals surface area contributed by atoms with Gasteiger partial charge in [0.05, 0.1) is 6.10 Å². The van der Waals surface area contributed by atoms with E-state index in [0.717, 1.165) is 12.2 Å². The second-order valence-corrected chi connectivity index (χ2v) is 4.16. The number of ether oxygens (including phenoxy) is 1. The van der Waals surface area contributed by atoms with Crippen LogP contribution in [0, 0.1) is 0 Å². The highest BCUT2D eigenvalue weighted by Crippen LogP contribution is 2.26. The maximum Gasteiger partial charge on any atom is 0.130 e. The first-order valence-electron chi connectivity index (χ1n) is 5.49. The fourth-order valence-electron chi connectivity index (χ4n) is 1.43. The van der Waals surface area contributed by atoms with Crippen molar-refractivity contribution in [2.75, 3.05) is 0 Å². The molecular formula is C13H16O2. The summed E-state index contributed by atoms with van der Waals surface area (Å²) in [4.78, 5) is 10.8. The Balaban J connectivity index is 1.87. The van der Waals surface area contributed by atoms with Crippen molar-refractivity contribution in [1.29, 1.82) is 0 Å². The molecule has 2 heteroatoms. The summed E-state index contributed by atoms with van der Waals surface area (Å²) >= 11 is 0. The molecule has 1 aromatic carbocycles. The minimum atomic E-state index is 0.244. The van der Waals surface area contributed by atoms with E-state index in [1.807, 2.05) is 24.3 Å². The molecule has 1 fully saturated rings. The summed E-state index contributed by atoms with van der Waals surface area (Å²) in [6.45, 7) is 1.63. The van der Waals surface area contributed by atoms with Gasteiger partial charge in [-0.2, -0.15) is 0 Å². The van der Waals surface area contributed by atoms with Crippen LogP contribution in [0.1, 0.15) is 31.7 Å². The maximum absolute atomic E-state index is 10.8. The van der Waals surface area contributed by atoms with Gasteiger partial charge in [0, 0.05) is 6.42 Å². The van der Waals surface area contributed by atoms with Gasteiger partial charge in [0.15, 0.2) is 0 Å². The highest BCUT2D eigenvalue weighted by Gasteiger charge is 2.23. The van der Waals surface area contributed by atoms with E-state index in [9.17, 15) is 4.79 Å². The van der Waals surface area contributed by atoms with Crippen molar-refractivity contribution in [2.45, 2.75) is 38.7 Å². The highest BCUT2D eigenvalue weighted by molar-refractivity contribution is 5.75. The van der Waals surface area contributed by atoms with Crippen LogP contribution < -0.4 is 4.74 Å². The number of rotatable bonds is 5. The second-order valence-electron chi connectivity index (χ2n) is 4.16. The van der Waals surface area contributed by atoms with Crippen molar-refractivity contribution in [3.63, 3.8) is 0 Å². The molecule has 0 spiro atoms. The molecule has 80 valence electrons. The molecule has 1 aliphatic rings. The predicted octanol–water partition coefficient (Wildman–Crippen LogP) is 2.75. The van der Waals surface area contributed by atoms with Crippen molar-refractivity contribution in [1.82, 2.24) is 0 Å². The molecule has 0 bridgehead atoms. The molecule has 0 N–H and O–H groups in total. The molecular weight excluding hydrogens is 188 g/mol. The summed E-state index contributed by atoms with van der Waals surface area (Å²) < 4.78 is 5.64. The van der Waals surface area contributed by atoms with Crippen molar-refractivity contribution in [3.05, 3.63) is 29.8 Å². The number of ketones is 1. The van der Waals surface area contributed by atoms with Gasteiger partial charge in [-0.05, 0) is 43.9 Å². The Morgan fingerprint density at radius 1 is 1.33 bits per heavy atom. The largest absolute Gasteiger partial charge is 0.490 e. The smallest absolute Gasteiger partial charge is 0.130 e. The number of Topliss-reactive ketones (excluding diaryl/α,β-unsaturated/α-hetero) is 1. The van der Waals surface area contributed by atoms with E-state index in [4.69, 9.17) is 4.74 Å². The Morgan fingerprint density at radius 3 is 2.53 bits per heavy atom. The third-order valence-electron chi connectivity index (χ3n) is 2.52. The summed E-state index contributed by atoms with van der Waals surface area (Å²) in [5.74, 6) is 1.19. The lowest BCUT2D eigenvalue weighted by Gasteiger charge is -2.05. The summed E-state index contributed by atoms with van der Waals surface area (Å²) in [7, 11) is 0. The monoisotopic (exact) mass is 204 g/mol. The number of hydrogen-bond acceptors (Lipinski definition) is 2. The van der Waals surface area contributed by atoms with E-state index >= 15 is 0 Å². The third kappa shape index (κ3) is 3.39. The van der Waals surface area contributed by atoms with E-state index in [1.54, 1.807) is 6.92 Å². The van der Waals surface area contributed by atoms with Gasteiger partial charge in [-0.3, -0.25) is 0 Å². The number of carbonyl (C=O) groups is 1. The minimum Gasteiger partial charge on any atom is -0.490 e. The van der Waals surface area contributed by atoms with E-state index in [2.05, 4.69) is 0 Å². The van der Waals surface area contributed by atoms with Crippen LogP contribution in [-0.4, -0.2) is 11.9 Å². The zero-order chi connectivity index (χ0) is 10.7. The van der Waals surface area contributed by atoms with E-state index in [-0.39, 0.29) is 5.78 Å². The molecule has 0 saturated heterocycles. The van der Waals surface area contributed by atoms with Crippen LogP contribution in [0.3, 0.4) is 0 Å². The SMILES string of the molecule is CC(=O)CCc1ccc(OC2CC2)cc1. The van der Waals surface area contributed by atoms with Crippen LogP contribution in [0.15, 0.2) is 24.3 Å². The Kier molecular flexibility index (Phi) is 3.05. The summed E-state index contributed by atoms with van der Waals surface area (Å²) in [6, 6.07) is 8.07. The van der Waals surface area contributed by atoms with Gasteiger partial charge in [-0.1, -0.05) is 12.1 Å². The van der Waals surface area contributed by atoms with Gasteiger partial charge in [0.1, 0.15) is 11.5 Å². The van der Waals surface area contributed by atoms with Gasteiger partial charge in [-0.25, -0.2) is 0 Å². The molecule has 0 unspecified atom stereocenters. The molecule has 2 rings (SSSR count). The quantitative estimate of drug-likeness (QED) is 0.737. The first-order valence-corrected chi connectivity index (χ1v) is 5.49. The summed E-state index contributed by atoms with van der Waals surface area (Å²) in [6.07, 6.45) is 4.29. The van der Waals surface area contributed by atoms with Gasteiger partial charge < -0.3 is 9.53 Å². The zero-order valence-corrected chi connectivity index (χ0v) is 9.03. The highest BCUT2D eigenvalue weighted by atomic mass is 16.5. The predicted molar refractivity (Wildman–Crippen MR) is 59.1 cm³/mol. The lowest BCUT2D eigenvalue weighted by atomic mass is 10.1. The Morgan fingerprint density at radius 2 is 2.00 bits per heavy atom. The maximum atomic E-state index is 10.8. The van der Waals surface area contributed by atoms with Gasteiger partial charge >= 0.3 is 0 Å². The van der Waals surface area contributed by atoms with Crippen molar-refractivity contribution in [2.24, 2.45) is 0 Å². The fourth-order valence-corrected chi connectivity index (χ4v) is 1.43. The summed E-state index contributed by atoms with van der Waals surface area (Å²) in [5, 5.41) is 0. The number of hydrogen-bond donors (Lipinski definition) is 0. The Bertz CT molecular complexity index is 336. The third-order valence-corrected chi connectivity index (χ3v) is 2.52. The van der Waals surface area contributed by atoms with Crippen LogP contribution in [0.5, 0.6) is 5.75 Å². The van der Waals surface area contributed by atoms with E-state index in [0.29, 0.717) is 12.5 Å².